The summed E-state index contributed by atoms with van der Waals surface area (Å²) in [6, 6.07) is 0. The Morgan fingerprint density at radius 3 is 2.10 bits per heavy atom. The average Bonchev–Trinajstić information content (AvgIpc) is 2.67. The molecule has 1 heterocycles. The third kappa shape index (κ3) is 7.29. The molecule has 0 bridgehead atoms. The second kappa shape index (κ2) is 11.3. The molecule has 178 valence electrons. The highest BCUT2D eigenvalue weighted by Crippen LogP contribution is 2.46. The lowest BCUT2D eigenvalue weighted by atomic mass is 9.78. The molecule has 0 amide bonds. The van der Waals surface area contributed by atoms with Crippen molar-refractivity contribution < 1.29 is 14.6 Å². The first kappa shape index (κ1) is 26.3. The van der Waals surface area contributed by atoms with Gasteiger partial charge in [0.1, 0.15) is 0 Å². The first-order valence-electron chi connectivity index (χ1n) is 12.8. The first-order valence-corrected chi connectivity index (χ1v) is 12.8. The van der Waals surface area contributed by atoms with Gasteiger partial charge in [-0.1, -0.05) is 79.1 Å². The lowest BCUT2D eigenvalue weighted by Crippen LogP contribution is -2.51. The van der Waals surface area contributed by atoms with Crippen LogP contribution in [0.3, 0.4) is 0 Å². The van der Waals surface area contributed by atoms with Crippen LogP contribution in [0.4, 0.5) is 0 Å². The van der Waals surface area contributed by atoms with E-state index in [0.717, 1.165) is 49.0 Å². The lowest BCUT2D eigenvalue weighted by Gasteiger charge is -2.47. The Hall–Kier alpha value is -0.930. The van der Waals surface area contributed by atoms with E-state index < -0.39 is 5.79 Å². The van der Waals surface area contributed by atoms with Gasteiger partial charge in [-0.05, 0) is 75.0 Å². The number of hydrogen-bond donors (Lipinski definition) is 1. The summed E-state index contributed by atoms with van der Waals surface area (Å²) < 4.78 is 6.32. The topological polar surface area (TPSA) is 46.5 Å². The summed E-state index contributed by atoms with van der Waals surface area (Å²) >= 11 is 0. The third-order valence-corrected chi connectivity index (χ3v) is 7.77. The average molecular weight is 433 g/mol. The summed E-state index contributed by atoms with van der Waals surface area (Å²) in [4.78, 5) is 12.1. The SMILES string of the molecule is CC1=C(C)[C@]2(O)O[C@@](C)(CCC[C@@H](C)CCC[C@@H](C)CCCC(C)C)CCC2=CC1=O. The summed E-state index contributed by atoms with van der Waals surface area (Å²) in [5.41, 5.74) is 1.67. The minimum atomic E-state index is -1.39. The number of ketones is 1. The minimum Gasteiger partial charge on any atom is -0.359 e. The van der Waals surface area contributed by atoms with E-state index in [0.29, 0.717) is 11.1 Å². The van der Waals surface area contributed by atoms with E-state index >= 15 is 0 Å². The van der Waals surface area contributed by atoms with Crippen molar-refractivity contribution in [3.63, 3.8) is 0 Å². The second-order valence-corrected chi connectivity index (χ2v) is 11.3. The van der Waals surface area contributed by atoms with Crippen molar-refractivity contribution in [2.45, 2.75) is 130 Å². The van der Waals surface area contributed by atoms with Gasteiger partial charge < -0.3 is 9.84 Å². The van der Waals surface area contributed by atoms with Crippen LogP contribution in [-0.2, 0) is 9.53 Å². The highest BCUT2D eigenvalue weighted by atomic mass is 16.6. The highest BCUT2D eigenvalue weighted by molar-refractivity contribution is 6.06. The molecule has 1 saturated heterocycles. The van der Waals surface area contributed by atoms with E-state index in [1.54, 1.807) is 13.0 Å². The standard InChI is InChI=1S/C28H48O3/c1-20(2)11-8-12-21(3)13-9-14-22(4)15-10-17-27(7)18-16-25-19-26(29)23(5)24(6)28(25,30)31-27/h19-22,30H,8-18H2,1-7H3/t21-,22-,27-,28-/m0/s1. The summed E-state index contributed by atoms with van der Waals surface area (Å²) in [5.74, 6) is 1.04. The van der Waals surface area contributed by atoms with Crippen molar-refractivity contribution in [2.75, 3.05) is 0 Å². The molecule has 1 aliphatic heterocycles. The molecule has 0 aromatic heterocycles. The van der Waals surface area contributed by atoms with Crippen LogP contribution in [0, 0.1) is 17.8 Å². The fraction of sp³-hybridized carbons (Fsp3) is 0.821. The molecule has 2 aliphatic rings. The number of carbonyl (C=O) groups is 1. The summed E-state index contributed by atoms with van der Waals surface area (Å²) in [6.07, 6.45) is 14.6. The molecular formula is C28H48O3. The number of allylic oxidation sites excluding steroid dienone is 2. The number of fused-ring (bicyclic) bond motifs is 1. The van der Waals surface area contributed by atoms with Gasteiger partial charge in [0.15, 0.2) is 5.78 Å². The Bertz CT molecular complexity index is 674. The molecule has 1 fully saturated rings. The fourth-order valence-corrected chi connectivity index (χ4v) is 5.21. The van der Waals surface area contributed by atoms with Crippen LogP contribution in [-0.4, -0.2) is 22.3 Å². The van der Waals surface area contributed by atoms with E-state index in [-0.39, 0.29) is 11.4 Å². The Kier molecular flexibility index (Phi) is 9.57. The molecule has 3 heteroatoms. The predicted molar refractivity (Wildman–Crippen MR) is 130 cm³/mol. The molecule has 4 atom stereocenters. The summed E-state index contributed by atoms with van der Waals surface area (Å²) in [7, 11) is 0. The number of ether oxygens (including phenoxy) is 1. The quantitative estimate of drug-likeness (QED) is 0.347. The largest absolute Gasteiger partial charge is 0.359 e. The van der Waals surface area contributed by atoms with E-state index in [1.807, 2.05) is 6.92 Å². The maximum absolute atomic E-state index is 12.1. The summed E-state index contributed by atoms with van der Waals surface area (Å²) in [6.45, 7) is 15.2. The molecule has 1 aliphatic carbocycles. The molecule has 2 rings (SSSR count). The van der Waals surface area contributed by atoms with Gasteiger partial charge in [-0.2, -0.15) is 0 Å². The smallest absolute Gasteiger partial charge is 0.212 e. The number of rotatable bonds is 12. The Balaban J connectivity index is 1.72. The maximum atomic E-state index is 12.1. The van der Waals surface area contributed by atoms with Crippen LogP contribution < -0.4 is 0 Å². The molecule has 0 unspecified atom stereocenters. The van der Waals surface area contributed by atoms with Crippen molar-refractivity contribution in [3.05, 3.63) is 22.8 Å². The molecule has 31 heavy (non-hydrogen) atoms. The molecule has 0 aromatic rings. The predicted octanol–water partition coefficient (Wildman–Crippen LogP) is 7.53. The van der Waals surface area contributed by atoms with Crippen molar-refractivity contribution in [2.24, 2.45) is 17.8 Å². The van der Waals surface area contributed by atoms with Gasteiger partial charge in [0.2, 0.25) is 5.79 Å². The number of aliphatic hydroxyl groups is 1. The second-order valence-electron chi connectivity index (χ2n) is 11.3. The Labute approximate surface area is 191 Å². The number of carbonyl (C=O) groups excluding carboxylic acids is 1. The van der Waals surface area contributed by atoms with Gasteiger partial charge in [-0.15, -0.1) is 0 Å². The van der Waals surface area contributed by atoms with Crippen molar-refractivity contribution in [1.29, 1.82) is 0 Å². The molecule has 3 nitrogen and oxygen atoms in total. The van der Waals surface area contributed by atoms with Crippen molar-refractivity contribution in [1.82, 2.24) is 0 Å². The molecule has 1 N–H and O–H groups in total. The van der Waals surface area contributed by atoms with Gasteiger partial charge in [0.25, 0.3) is 0 Å². The molecule has 0 radical (unpaired) electrons. The van der Waals surface area contributed by atoms with Gasteiger partial charge in [-0.3, -0.25) is 4.79 Å². The number of hydrogen-bond acceptors (Lipinski definition) is 3. The maximum Gasteiger partial charge on any atom is 0.212 e. The van der Waals surface area contributed by atoms with Gasteiger partial charge in [0.05, 0.1) is 5.60 Å². The monoisotopic (exact) mass is 432 g/mol. The van der Waals surface area contributed by atoms with E-state index in [4.69, 9.17) is 4.74 Å². The van der Waals surface area contributed by atoms with Gasteiger partial charge in [0, 0.05) is 5.57 Å². The highest BCUT2D eigenvalue weighted by Gasteiger charge is 2.48. The molecule has 0 aromatic carbocycles. The molecule has 0 saturated carbocycles. The zero-order valence-corrected chi connectivity index (χ0v) is 21.4. The lowest BCUT2D eigenvalue weighted by molar-refractivity contribution is -0.239. The van der Waals surface area contributed by atoms with Crippen molar-refractivity contribution in [3.8, 4) is 0 Å². The zero-order valence-electron chi connectivity index (χ0n) is 21.4. The van der Waals surface area contributed by atoms with Gasteiger partial charge >= 0.3 is 0 Å². The van der Waals surface area contributed by atoms with Crippen LogP contribution in [0.25, 0.3) is 0 Å². The molecule has 0 spiro atoms. The van der Waals surface area contributed by atoms with Crippen LogP contribution in [0.5, 0.6) is 0 Å². The van der Waals surface area contributed by atoms with Crippen LogP contribution >= 0.6 is 0 Å². The van der Waals surface area contributed by atoms with Crippen molar-refractivity contribution >= 4 is 5.78 Å². The van der Waals surface area contributed by atoms with Crippen LogP contribution in [0.2, 0.25) is 0 Å². The Morgan fingerprint density at radius 1 is 0.968 bits per heavy atom. The normalized spacial score (nSPS) is 28.5. The van der Waals surface area contributed by atoms with Gasteiger partial charge in [-0.25, -0.2) is 0 Å². The first-order chi connectivity index (χ1) is 14.5. The third-order valence-electron chi connectivity index (χ3n) is 7.77. The van der Waals surface area contributed by atoms with Crippen LogP contribution in [0.1, 0.15) is 119 Å². The Morgan fingerprint density at radius 2 is 1.52 bits per heavy atom. The summed E-state index contributed by atoms with van der Waals surface area (Å²) in [5, 5.41) is 11.3. The van der Waals surface area contributed by atoms with E-state index in [1.165, 1.54) is 44.9 Å². The molecular weight excluding hydrogens is 384 g/mol. The minimum absolute atomic E-state index is 0.00689. The fourth-order valence-electron chi connectivity index (χ4n) is 5.21. The van der Waals surface area contributed by atoms with E-state index in [2.05, 4.69) is 34.6 Å². The van der Waals surface area contributed by atoms with Crippen LogP contribution in [0.15, 0.2) is 22.8 Å². The zero-order chi connectivity index (χ0) is 23.2. The van der Waals surface area contributed by atoms with E-state index in [9.17, 15) is 9.90 Å².